The van der Waals surface area contributed by atoms with E-state index in [1.165, 1.54) is 0 Å². The normalized spacial score (nSPS) is 15.4. The SMILES string of the molecule is O=C([O-])CN1C(=O)C(=Cc2ccc(OCc3ccccc3Cl)cc2)SC1=S. The summed E-state index contributed by atoms with van der Waals surface area (Å²) in [7, 11) is 0. The highest BCUT2D eigenvalue weighted by Gasteiger charge is 2.31. The molecule has 138 valence electrons. The maximum Gasteiger partial charge on any atom is 0.266 e. The van der Waals surface area contributed by atoms with Gasteiger partial charge in [0.05, 0.1) is 17.4 Å². The third kappa shape index (κ3) is 4.88. The number of hydrogen-bond donors (Lipinski definition) is 0. The zero-order valence-corrected chi connectivity index (χ0v) is 16.3. The Morgan fingerprint density at radius 2 is 1.93 bits per heavy atom. The topological polar surface area (TPSA) is 69.7 Å². The van der Waals surface area contributed by atoms with Crippen LogP contribution in [0.25, 0.3) is 6.08 Å². The van der Waals surface area contributed by atoms with Crippen LogP contribution < -0.4 is 9.84 Å². The van der Waals surface area contributed by atoms with Gasteiger partial charge in [0.25, 0.3) is 5.91 Å². The molecular weight excluding hydrogens is 406 g/mol. The van der Waals surface area contributed by atoms with Gasteiger partial charge in [-0.3, -0.25) is 9.69 Å². The monoisotopic (exact) mass is 418 g/mol. The molecule has 0 N–H and O–H groups in total. The molecule has 0 atom stereocenters. The molecule has 2 aromatic rings. The number of ether oxygens (including phenoxy) is 1. The van der Waals surface area contributed by atoms with E-state index in [9.17, 15) is 14.7 Å². The smallest absolute Gasteiger partial charge is 0.266 e. The van der Waals surface area contributed by atoms with Crippen LogP contribution in [0.15, 0.2) is 53.4 Å². The van der Waals surface area contributed by atoms with Crippen LogP contribution in [0.1, 0.15) is 11.1 Å². The summed E-state index contributed by atoms with van der Waals surface area (Å²) < 4.78 is 5.92. The van der Waals surface area contributed by atoms with Crippen molar-refractivity contribution in [1.82, 2.24) is 4.90 Å². The summed E-state index contributed by atoms with van der Waals surface area (Å²) in [4.78, 5) is 24.3. The van der Waals surface area contributed by atoms with Crippen LogP contribution in [0.5, 0.6) is 5.75 Å². The van der Waals surface area contributed by atoms with Crippen LogP contribution in [-0.4, -0.2) is 27.6 Å². The van der Waals surface area contributed by atoms with Crippen LogP contribution >= 0.6 is 35.6 Å². The number of carbonyl (C=O) groups is 2. The molecule has 0 saturated carbocycles. The molecule has 1 fully saturated rings. The first kappa shape index (κ1) is 19.4. The quantitative estimate of drug-likeness (QED) is 0.530. The summed E-state index contributed by atoms with van der Waals surface area (Å²) in [6.45, 7) is -0.197. The van der Waals surface area contributed by atoms with Gasteiger partial charge in [0.2, 0.25) is 0 Å². The Hall–Kier alpha value is -2.35. The van der Waals surface area contributed by atoms with Crippen molar-refractivity contribution in [3.63, 3.8) is 0 Å². The molecule has 0 bridgehead atoms. The molecule has 1 saturated heterocycles. The number of thiocarbonyl (C=S) groups is 1. The fourth-order valence-electron chi connectivity index (χ4n) is 2.35. The Balaban J connectivity index is 1.66. The van der Waals surface area contributed by atoms with Gasteiger partial charge in [-0.15, -0.1) is 0 Å². The Kier molecular flexibility index (Phi) is 6.15. The van der Waals surface area contributed by atoms with E-state index >= 15 is 0 Å². The van der Waals surface area contributed by atoms with E-state index < -0.39 is 18.4 Å². The van der Waals surface area contributed by atoms with E-state index in [4.69, 9.17) is 28.6 Å². The van der Waals surface area contributed by atoms with Crippen LogP contribution in [0.2, 0.25) is 5.02 Å². The third-order valence-electron chi connectivity index (χ3n) is 3.69. The van der Waals surface area contributed by atoms with Crippen molar-refractivity contribution in [1.29, 1.82) is 0 Å². The summed E-state index contributed by atoms with van der Waals surface area (Å²) in [5, 5.41) is 11.4. The molecule has 1 heterocycles. The number of carboxylic acid groups (broad SMARTS) is 1. The van der Waals surface area contributed by atoms with Gasteiger partial charge in [-0.05, 0) is 29.8 Å². The first-order chi connectivity index (χ1) is 12.9. The lowest BCUT2D eigenvalue weighted by Crippen LogP contribution is -2.40. The Morgan fingerprint density at radius 1 is 1.22 bits per heavy atom. The Bertz CT molecular complexity index is 928. The molecular formula is C19H13ClNO4S2-. The second-order valence-corrected chi connectivity index (χ2v) is 7.67. The van der Waals surface area contributed by atoms with Crippen molar-refractivity contribution < 1.29 is 19.4 Å². The van der Waals surface area contributed by atoms with E-state index in [1.807, 2.05) is 18.2 Å². The minimum Gasteiger partial charge on any atom is -0.548 e. The lowest BCUT2D eigenvalue weighted by Gasteiger charge is -2.14. The summed E-state index contributed by atoms with van der Waals surface area (Å²) in [5.41, 5.74) is 1.66. The van der Waals surface area contributed by atoms with Gasteiger partial charge >= 0.3 is 0 Å². The predicted octanol–water partition coefficient (Wildman–Crippen LogP) is 2.87. The highest BCUT2D eigenvalue weighted by Crippen LogP contribution is 2.32. The second-order valence-electron chi connectivity index (χ2n) is 5.59. The number of aliphatic carboxylic acids is 1. The number of carboxylic acids is 1. The van der Waals surface area contributed by atoms with E-state index in [1.54, 1.807) is 36.4 Å². The van der Waals surface area contributed by atoms with E-state index in [2.05, 4.69) is 0 Å². The molecule has 0 aliphatic carbocycles. The number of benzene rings is 2. The Labute approximate surface area is 170 Å². The maximum atomic E-state index is 12.2. The molecule has 8 heteroatoms. The number of nitrogens with zero attached hydrogens (tertiary/aromatic N) is 1. The van der Waals surface area contributed by atoms with E-state index in [0.717, 1.165) is 27.8 Å². The molecule has 1 amide bonds. The minimum atomic E-state index is -1.35. The van der Waals surface area contributed by atoms with Gasteiger partial charge in [-0.25, -0.2) is 0 Å². The highest BCUT2D eigenvalue weighted by atomic mass is 35.5. The first-order valence-electron chi connectivity index (χ1n) is 7.85. The van der Waals surface area contributed by atoms with E-state index in [-0.39, 0.29) is 4.32 Å². The summed E-state index contributed by atoms with van der Waals surface area (Å²) in [6, 6.07) is 14.6. The fraction of sp³-hybridized carbons (Fsp3) is 0.105. The number of halogens is 1. The number of thioether (sulfide) groups is 1. The molecule has 2 aromatic carbocycles. The fourth-order valence-corrected chi connectivity index (χ4v) is 3.80. The van der Waals surface area contributed by atoms with Crippen molar-refractivity contribution in [2.75, 3.05) is 6.54 Å². The van der Waals surface area contributed by atoms with Gasteiger partial charge in [0.15, 0.2) is 0 Å². The van der Waals surface area contributed by atoms with Gasteiger partial charge in [0, 0.05) is 10.6 Å². The van der Waals surface area contributed by atoms with Crippen molar-refractivity contribution >= 4 is 57.9 Å². The molecule has 0 unspecified atom stereocenters. The molecule has 0 radical (unpaired) electrons. The minimum absolute atomic E-state index is 0.204. The summed E-state index contributed by atoms with van der Waals surface area (Å²) in [5.74, 6) is -1.13. The zero-order chi connectivity index (χ0) is 19.4. The number of rotatable bonds is 6. The average molecular weight is 419 g/mol. The molecule has 5 nitrogen and oxygen atoms in total. The molecule has 3 rings (SSSR count). The van der Waals surface area contributed by atoms with Crippen molar-refractivity contribution in [2.45, 2.75) is 6.61 Å². The molecule has 27 heavy (non-hydrogen) atoms. The van der Waals surface area contributed by atoms with Crippen LogP contribution in [-0.2, 0) is 16.2 Å². The van der Waals surface area contributed by atoms with Crippen molar-refractivity contribution in [2.24, 2.45) is 0 Å². The lowest BCUT2D eigenvalue weighted by atomic mass is 10.2. The van der Waals surface area contributed by atoms with Gasteiger partial charge in [-0.1, -0.05) is 65.9 Å². The van der Waals surface area contributed by atoms with Crippen molar-refractivity contribution in [3.8, 4) is 5.75 Å². The van der Waals surface area contributed by atoms with Gasteiger partial charge in [0.1, 0.15) is 16.7 Å². The van der Waals surface area contributed by atoms with Crippen LogP contribution in [0.3, 0.4) is 0 Å². The number of hydrogen-bond acceptors (Lipinski definition) is 6. The predicted molar refractivity (Wildman–Crippen MR) is 107 cm³/mol. The van der Waals surface area contributed by atoms with Crippen molar-refractivity contribution in [3.05, 3.63) is 69.6 Å². The van der Waals surface area contributed by atoms with Gasteiger partial charge < -0.3 is 14.6 Å². The third-order valence-corrected chi connectivity index (χ3v) is 5.44. The zero-order valence-electron chi connectivity index (χ0n) is 13.9. The maximum absolute atomic E-state index is 12.2. The van der Waals surface area contributed by atoms with Crippen LogP contribution in [0, 0.1) is 0 Å². The van der Waals surface area contributed by atoms with Crippen LogP contribution in [0.4, 0.5) is 0 Å². The highest BCUT2D eigenvalue weighted by molar-refractivity contribution is 8.26. The van der Waals surface area contributed by atoms with E-state index in [0.29, 0.717) is 22.3 Å². The molecule has 1 aliphatic heterocycles. The summed E-state index contributed by atoms with van der Waals surface area (Å²) in [6.07, 6.45) is 1.66. The first-order valence-corrected chi connectivity index (χ1v) is 9.46. The number of amides is 1. The van der Waals surface area contributed by atoms with Gasteiger partial charge in [-0.2, -0.15) is 0 Å². The second kappa shape index (κ2) is 8.56. The molecule has 1 aliphatic rings. The summed E-state index contributed by atoms with van der Waals surface area (Å²) >= 11 is 12.2. The molecule has 0 aromatic heterocycles. The number of carbonyl (C=O) groups excluding carboxylic acids is 2. The Morgan fingerprint density at radius 3 is 2.59 bits per heavy atom. The largest absolute Gasteiger partial charge is 0.548 e. The lowest BCUT2D eigenvalue weighted by molar-refractivity contribution is -0.305. The molecule has 0 spiro atoms. The average Bonchev–Trinajstić information content (AvgIpc) is 2.89. The standard InChI is InChI=1S/C19H14ClNO4S2/c20-15-4-2-1-3-13(15)11-25-14-7-5-12(6-8-14)9-16-18(24)21(10-17(22)23)19(26)27-16/h1-9H,10-11H2,(H,22,23)/p-1.